The van der Waals surface area contributed by atoms with Gasteiger partial charge in [0.2, 0.25) is 0 Å². The van der Waals surface area contributed by atoms with E-state index in [2.05, 4.69) is 10.6 Å². The van der Waals surface area contributed by atoms with Crippen molar-refractivity contribution in [1.82, 2.24) is 5.32 Å². The maximum absolute atomic E-state index is 12.2. The Hall–Kier alpha value is -2.12. The number of methoxy groups -OCH3 is 1. The molecule has 0 aliphatic carbocycles. The number of para-hydroxylation sites is 1. The first-order valence-electron chi connectivity index (χ1n) is 8.45. The number of carbonyl (C=O) groups excluding carboxylic acids is 3. The molecule has 0 fully saturated rings. The number of amides is 2. The highest BCUT2D eigenvalue weighted by Crippen LogP contribution is 2.19. The molecule has 1 aromatic rings. The predicted octanol–water partition coefficient (Wildman–Crippen LogP) is 0.497. The summed E-state index contributed by atoms with van der Waals surface area (Å²) in [7, 11) is 3.01. The SMILES string of the molecule is COC(=O)[C@H](CC(C)C)NC(=O)C[NH+](C)CC(=O)Nc1ccccc1Cl. The van der Waals surface area contributed by atoms with E-state index in [0.717, 1.165) is 0 Å². The van der Waals surface area contributed by atoms with Gasteiger partial charge in [0.15, 0.2) is 13.1 Å². The Labute approximate surface area is 159 Å². The summed E-state index contributed by atoms with van der Waals surface area (Å²) in [4.78, 5) is 36.7. The molecule has 0 heterocycles. The second-order valence-electron chi connectivity index (χ2n) is 6.61. The molecule has 2 amide bonds. The van der Waals surface area contributed by atoms with Crippen LogP contribution in [0.25, 0.3) is 0 Å². The lowest BCUT2D eigenvalue weighted by Crippen LogP contribution is -3.11. The largest absolute Gasteiger partial charge is 0.467 e. The van der Waals surface area contributed by atoms with Crippen LogP contribution in [0.4, 0.5) is 5.69 Å². The van der Waals surface area contributed by atoms with Gasteiger partial charge in [-0.15, -0.1) is 0 Å². The summed E-state index contributed by atoms with van der Waals surface area (Å²) in [6.45, 7) is 4.06. The highest BCUT2D eigenvalue weighted by Gasteiger charge is 2.24. The van der Waals surface area contributed by atoms with E-state index in [1.165, 1.54) is 7.11 Å². The third kappa shape index (κ3) is 7.84. The topological polar surface area (TPSA) is 88.9 Å². The maximum atomic E-state index is 12.2. The number of nitrogens with one attached hydrogen (secondary N) is 3. The van der Waals surface area contributed by atoms with E-state index >= 15 is 0 Å². The minimum atomic E-state index is -0.683. The lowest BCUT2D eigenvalue weighted by Gasteiger charge is -2.19. The van der Waals surface area contributed by atoms with Crippen molar-refractivity contribution in [3.63, 3.8) is 0 Å². The van der Waals surface area contributed by atoms with E-state index in [1.807, 2.05) is 13.8 Å². The third-order valence-corrected chi connectivity index (χ3v) is 3.93. The quantitative estimate of drug-likeness (QED) is 0.541. The summed E-state index contributed by atoms with van der Waals surface area (Å²) in [5.74, 6) is -0.814. The molecule has 0 aliphatic rings. The van der Waals surface area contributed by atoms with Crippen molar-refractivity contribution in [2.45, 2.75) is 26.3 Å². The summed E-state index contributed by atoms with van der Waals surface area (Å²) < 4.78 is 4.72. The van der Waals surface area contributed by atoms with Gasteiger partial charge < -0.3 is 20.3 Å². The fraction of sp³-hybridized carbons (Fsp3) is 0.500. The van der Waals surface area contributed by atoms with Gasteiger partial charge in [-0.05, 0) is 24.5 Å². The molecule has 1 rings (SSSR count). The van der Waals surface area contributed by atoms with Crippen molar-refractivity contribution in [2.24, 2.45) is 5.92 Å². The second-order valence-corrected chi connectivity index (χ2v) is 7.02. The van der Waals surface area contributed by atoms with E-state index in [1.54, 1.807) is 31.3 Å². The molecule has 26 heavy (non-hydrogen) atoms. The minimum Gasteiger partial charge on any atom is -0.467 e. The molecule has 2 atom stereocenters. The molecule has 0 aliphatic heterocycles. The highest BCUT2D eigenvalue weighted by molar-refractivity contribution is 6.33. The fourth-order valence-electron chi connectivity index (χ4n) is 2.44. The molecular weight excluding hydrogens is 358 g/mol. The fourth-order valence-corrected chi connectivity index (χ4v) is 2.62. The Bertz CT molecular complexity index is 637. The Balaban J connectivity index is 2.51. The average molecular weight is 385 g/mol. The first-order valence-corrected chi connectivity index (χ1v) is 8.83. The monoisotopic (exact) mass is 384 g/mol. The number of likely N-dealkylation sites (N-methyl/N-ethyl adjacent to an activating group) is 1. The van der Waals surface area contributed by atoms with E-state index in [4.69, 9.17) is 16.3 Å². The van der Waals surface area contributed by atoms with Crippen LogP contribution in [-0.4, -0.2) is 51.1 Å². The smallest absolute Gasteiger partial charge is 0.328 e. The number of benzene rings is 1. The molecule has 7 nitrogen and oxygen atoms in total. The van der Waals surface area contributed by atoms with Crippen LogP contribution in [0.3, 0.4) is 0 Å². The maximum Gasteiger partial charge on any atom is 0.328 e. The lowest BCUT2D eigenvalue weighted by molar-refractivity contribution is -0.862. The summed E-state index contributed by atoms with van der Waals surface area (Å²) in [6, 6.07) is 6.25. The van der Waals surface area contributed by atoms with Gasteiger partial charge >= 0.3 is 5.97 Å². The van der Waals surface area contributed by atoms with Crippen LogP contribution < -0.4 is 15.5 Å². The Morgan fingerprint density at radius 2 is 1.77 bits per heavy atom. The molecule has 1 aromatic carbocycles. The molecule has 0 aromatic heterocycles. The number of esters is 1. The first kappa shape index (κ1) is 21.9. The summed E-state index contributed by atoms with van der Waals surface area (Å²) in [5, 5.41) is 5.84. The number of hydrogen-bond acceptors (Lipinski definition) is 4. The van der Waals surface area contributed by atoms with Gasteiger partial charge in [0, 0.05) is 0 Å². The van der Waals surface area contributed by atoms with Crippen LogP contribution in [0.5, 0.6) is 0 Å². The molecule has 144 valence electrons. The number of anilines is 1. The highest BCUT2D eigenvalue weighted by atomic mass is 35.5. The van der Waals surface area contributed by atoms with Gasteiger partial charge in [0.05, 0.1) is 24.9 Å². The normalized spacial score (nSPS) is 13.0. The Morgan fingerprint density at radius 3 is 2.35 bits per heavy atom. The molecule has 1 unspecified atom stereocenters. The van der Waals surface area contributed by atoms with Crippen molar-refractivity contribution < 1.29 is 24.0 Å². The zero-order valence-corrected chi connectivity index (χ0v) is 16.4. The van der Waals surface area contributed by atoms with Gasteiger partial charge in [-0.1, -0.05) is 37.6 Å². The van der Waals surface area contributed by atoms with Crippen LogP contribution >= 0.6 is 11.6 Å². The number of ether oxygens (including phenoxy) is 1. The molecular formula is C18H27ClN3O4+. The van der Waals surface area contributed by atoms with Crippen molar-refractivity contribution in [3.8, 4) is 0 Å². The molecule has 0 saturated heterocycles. The zero-order valence-electron chi connectivity index (χ0n) is 15.6. The number of halogens is 1. The number of carbonyl (C=O) groups is 3. The zero-order chi connectivity index (χ0) is 19.7. The first-order chi connectivity index (χ1) is 12.2. The summed E-state index contributed by atoms with van der Waals surface area (Å²) >= 11 is 6.00. The van der Waals surface area contributed by atoms with Crippen LogP contribution in [0, 0.1) is 5.92 Å². The van der Waals surface area contributed by atoms with Crippen molar-refractivity contribution in [1.29, 1.82) is 0 Å². The Morgan fingerprint density at radius 1 is 1.15 bits per heavy atom. The van der Waals surface area contributed by atoms with Gasteiger partial charge in [-0.25, -0.2) is 4.79 Å². The van der Waals surface area contributed by atoms with E-state index in [-0.39, 0.29) is 30.8 Å². The van der Waals surface area contributed by atoms with Gasteiger partial charge in [0.1, 0.15) is 6.04 Å². The summed E-state index contributed by atoms with van der Waals surface area (Å²) in [5.41, 5.74) is 0.527. The average Bonchev–Trinajstić information content (AvgIpc) is 2.54. The van der Waals surface area contributed by atoms with Crippen LogP contribution in [0.2, 0.25) is 5.02 Å². The molecule has 0 bridgehead atoms. The molecule has 8 heteroatoms. The van der Waals surface area contributed by atoms with E-state index < -0.39 is 12.0 Å². The minimum absolute atomic E-state index is 0.0571. The molecule has 0 radical (unpaired) electrons. The molecule has 0 spiro atoms. The van der Waals surface area contributed by atoms with Gasteiger partial charge in [-0.2, -0.15) is 0 Å². The van der Waals surface area contributed by atoms with Gasteiger partial charge in [0.25, 0.3) is 11.8 Å². The third-order valence-electron chi connectivity index (χ3n) is 3.60. The Kier molecular flexibility index (Phi) is 9.09. The van der Waals surface area contributed by atoms with Crippen LogP contribution in [0.15, 0.2) is 24.3 Å². The van der Waals surface area contributed by atoms with Crippen LogP contribution in [-0.2, 0) is 19.1 Å². The molecule has 0 saturated carbocycles. The number of hydrogen-bond donors (Lipinski definition) is 3. The standard InChI is InChI=1S/C18H26ClN3O4/c1-12(2)9-15(18(25)26-4)21-17(24)11-22(3)10-16(23)20-14-8-6-5-7-13(14)19/h5-8,12,15H,9-11H2,1-4H3,(H,20,23)(H,21,24)/p+1/t15-/m0/s1. The van der Waals surface area contributed by atoms with Crippen molar-refractivity contribution in [2.75, 3.05) is 32.6 Å². The second kappa shape index (κ2) is 10.8. The van der Waals surface area contributed by atoms with E-state index in [9.17, 15) is 14.4 Å². The van der Waals surface area contributed by atoms with Crippen LogP contribution in [0.1, 0.15) is 20.3 Å². The lowest BCUT2D eigenvalue weighted by atomic mass is 10.0. The van der Waals surface area contributed by atoms with Crippen molar-refractivity contribution >= 4 is 35.1 Å². The van der Waals surface area contributed by atoms with Crippen molar-refractivity contribution in [3.05, 3.63) is 29.3 Å². The van der Waals surface area contributed by atoms with Gasteiger partial charge in [-0.3, -0.25) is 9.59 Å². The summed E-state index contributed by atoms with van der Waals surface area (Å²) in [6.07, 6.45) is 0.491. The predicted molar refractivity (Wildman–Crippen MR) is 100 cm³/mol. The molecule has 3 N–H and O–H groups in total. The number of rotatable bonds is 9. The van der Waals surface area contributed by atoms with E-state index in [0.29, 0.717) is 22.0 Å². The number of quaternary nitrogens is 1.